The Bertz CT molecular complexity index is 614. The summed E-state index contributed by atoms with van der Waals surface area (Å²) in [6.07, 6.45) is 3.43. The summed E-state index contributed by atoms with van der Waals surface area (Å²) in [7, 11) is 0. The van der Waals surface area contributed by atoms with E-state index in [2.05, 4.69) is 15.0 Å². The van der Waals surface area contributed by atoms with Gasteiger partial charge in [0.05, 0.1) is 5.69 Å². The summed E-state index contributed by atoms with van der Waals surface area (Å²) >= 11 is 0. The van der Waals surface area contributed by atoms with Gasteiger partial charge in [-0.2, -0.15) is 4.99 Å². The van der Waals surface area contributed by atoms with E-state index >= 15 is 0 Å². The second-order valence-corrected chi connectivity index (χ2v) is 3.76. The Morgan fingerprint density at radius 2 is 1.63 bits per heavy atom. The van der Waals surface area contributed by atoms with Crippen LogP contribution >= 0.6 is 0 Å². The molecule has 0 aliphatic carbocycles. The van der Waals surface area contributed by atoms with Crippen molar-refractivity contribution in [1.29, 1.82) is 0 Å². The number of hydrogen-bond donors (Lipinski definition) is 3. The number of para-hydroxylation sites is 1. The van der Waals surface area contributed by atoms with Crippen molar-refractivity contribution in [2.45, 2.75) is 0 Å². The second kappa shape index (κ2) is 5.63. The zero-order valence-electron chi connectivity index (χ0n) is 10.2. The fraction of sp³-hybridized carbons (Fsp3) is 0. The Balaban J connectivity index is 2.46. The van der Waals surface area contributed by atoms with Gasteiger partial charge >= 0.3 is 0 Å². The number of hydrogen-bond acceptors (Lipinski definition) is 2. The van der Waals surface area contributed by atoms with Gasteiger partial charge in [-0.15, -0.1) is 0 Å². The molecule has 0 fully saturated rings. The maximum absolute atomic E-state index is 5.64. The Labute approximate surface area is 110 Å². The lowest BCUT2D eigenvalue weighted by Gasteiger charge is -2.05. The zero-order valence-corrected chi connectivity index (χ0v) is 10.2. The lowest BCUT2D eigenvalue weighted by atomic mass is 10.1. The molecule has 1 aromatic carbocycles. The molecule has 0 saturated carbocycles. The minimum absolute atomic E-state index is 0.0153. The van der Waals surface area contributed by atoms with Gasteiger partial charge in [-0.1, -0.05) is 18.2 Å². The highest BCUT2D eigenvalue weighted by Gasteiger charge is 2.03. The smallest absolute Gasteiger partial charge is 0.223 e. The van der Waals surface area contributed by atoms with Crippen LogP contribution in [0.3, 0.4) is 0 Å². The minimum atomic E-state index is -0.123. The number of nitrogens with two attached hydrogens (primary N) is 3. The highest BCUT2D eigenvalue weighted by atomic mass is 15.1. The number of nitrogens with zero attached hydrogens (tertiary/aromatic N) is 3. The first-order chi connectivity index (χ1) is 9.16. The molecule has 1 aromatic heterocycles. The van der Waals surface area contributed by atoms with E-state index in [1.54, 1.807) is 12.4 Å². The van der Waals surface area contributed by atoms with E-state index in [1.807, 2.05) is 36.4 Å². The zero-order chi connectivity index (χ0) is 13.7. The number of aliphatic imine (C=N–C) groups is 2. The van der Waals surface area contributed by atoms with Crippen LogP contribution in [0.15, 0.2) is 58.8 Å². The van der Waals surface area contributed by atoms with E-state index in [-0.39, 0.29) is 11.9 Å². The van der Waals surface area contributed by atoms with E-state index in [9.17, 15) is 0 Å². The fourth-order valence-corrected chi connectivity index (χ4v) is 1.63. The van der Waals surface area contributed by atoms with Crippen LogP contribution in [0.5, 0.6) is 0 Å². The molecule has 0 spiro atoms. The summed E-state index contributed by atoms with van der Waals surface area (Å²) < 4.78 is 0. The quantitative estimate of drug-likeness (QED) is 0.547. The molecule has 0 atom stereocenters. The van der Waals surface area contributed by atoms with E-state index in [0.717, 1.165) is 11.1 Å². The summed E-state index contributed by atoms with van der Waals surface area (Å²) in [6.45, 7) is 0. The van der Waals surface area contributed by atoms with Crippen molar-refractivity contribution in [3.63, 3.8) is 0 Å². The minimum Gasteiger partial charge on any atom is -0.370 e. The Morgan fingerprint density at radius 1 is 0.947 bits per heavy atom. The lowest BCUT2D eigenvalue weighted by Crippen LogP contribution is -2.26. The van der Waals surface area contributed by atoms with E-state index in [0.29, 0.717) is 5.69 Å². The van der Waals surface area contributed by atoms with Gasteiger partial charge in [0.1, 0.15) is 0 Å². The molecule has 19 heavy (non-hydrogen) atoms. The second-order valence-electron chi connectivity index (χ2n) is 3.76. The summed E-state index contributed by atoms with van der Waals surface area (Å²) in [5.74, 6) is -0.107. The Kier molecular flexibility index (Phi) is 3.72. The molecule has 2 rings (SSSR count). The van der Waals surface area contributed by atoms with Crippen molar-refractivity contribution in [2.24, 2.45) is 27.2 Å². The van der Waals surface area contributed by atoms with Crippen molar-refractivity contribution >= 4 is 17.6 Å². The van der Waals surface area contributed by atoms with Crippen LogP contribution in [0.1, 0.15) is 0 Å². The molecular weight excluding hydrogens is 240 g/mol. The summed E-state index contributed by atoms with van der Waals surface area (Å²) in [6, 6.07) is 11.4. The topological polar surface area (TPSA) is 116 Å². The van der Waals surface area contributed by atoms with Crippen LogP contribution in [0.2, 0.25) is 0 Å². The number of guanidine groups is 2. The number of rotatable bonds is 2. The molecule has 0 unspecified atom stereocenters. The van der Waals surface area contributed by atoms with Gasteiger partial charge in [0, 0.05) is 18.0 Å². The molecule has 6 heteroatoms. The summed E-state index contributed by atoms with van der Waals surface area (Å²) in [5, 5.41) is 0. The van der Waals surface area contributed by atoms with E-state index in [4.69, 9.17) is 17.2 Å². The van der Waals surface area contributed by atoms with Gasteiger partial charge in [0.2, 0.25) is 5.96 Å². The SMILES string of the molecule is NC(N)=NC(N)=Nc1ccccc1-c1ccncc1. The maximum Gasteiger partial charge on any atom is 0.223 e. The monoisotopic (exact) mass is 254 g/mol. The van der Waals surface area contributed by atoms with Crippen molar-refractivity contribution in [3.05, 3.63) is 48.8 Å². The van der Waals surface area contributed by atoms with Crippen LogP contribution < -0.4 is 17.2 Å². The van der Waals surface area contributed by atoms with Crippen molar-refractivity contribution in [2.75, 3.05) is 0 Å². The van der Waals surface area contributed by atoms with E-state index in [1.165, 1.54) is 0 Å². The van der Waals surface area contributed by atoms with Crippen LogP contribution in [0.25, 0.3) is 11.1 Å². The van der Waals surface area contributed by atoms with Crippen molar-refractivity contribution in [1.82, 2.24) is 4.98 Å². The molecule has 2 aromatic rings. The highest BCUT2D eigenvalue weighted by molar-refractivity contribution is 5.94. The van der Waals surface area contributed by atoms with Gasteiger partial charge in [-0.3, -0.25) is 4.98 Å². The first-order valence-corrected chi connectivity index (χ1v) is 5.60. The molecule has 6 nitrogen and oxygen atoms in total. The first kappa shape index (κ1) is 12.6. The van der Waals surface area contributed by atoms with Crippen LogP contribution in [-0.4, -0.2) is 16.9 Å². The van der Waals surface area contributed by atoms with Crippen LogP contribution in [-0.2, 0) is 0 Å². The molecular formula is C13H14N6. The molecule has 0 aliphatic heterocycles. The molecule has 0 aliphatic rings. The molecule has 0 amide bonds. The highest BCUT2D eigenvalue weighted by Crippen LogP contribution is 2.29. The predicted molar refractivity (Wildman–Crippen MR) is 76.8 cm³/mol. The van der Waals surface area contributed by atoms with Gasteiger partial charge in [-0.05, 0) is 23.8 Å². The van der Waals surface area contributed by atoms with Gasteiger partial charge in [-0.25, -0.2) is 4.99 Å². The molecule has 0 saturated heterocycles. The number of benzene rings is 1. The summed E-state index contributed by atoms with van der Waals surface area (Å²) in [5.41, 5.74) is 18.8. The Hall–Kier alpha value is -2.89. The normalized spacial score (nSPS) is 11.1. The summed E-state index contributed by atoms with van der Waals surface area (Å²) in [4.78, 5) is 11.9. The largest absolute Gasteiger partial charge is 0.370 e. The van der Waals surface area contributed by atoms with Gasteiger partial charge < -0.3 is 17.2 Å². The van der Waals surface area contributed by atoms with Crippen molar-refractivity contribution < 1.29 is 0 Å². The average Bonchev–Trinajstić information content (AvgIpc) is 2.39. The van der Waals surface area contributed by atoms with E-state index < -0.39 is 0 Å². The maximum atomic E-state index is 5.64. The lowest BCUT2D eigenvalue weighted by molar-refractivity contribution is 1.32. The molecule has 1 heterocycles. The third kappa shape index (κ3) is 3.29. The molecule has 0 bridgehead atoms. The van der Waals surface area contributed by atoms with Gasteiger partial charge in [0.15, 0.2) is 5.96 Å². The van der Waals surface area contributed by atoms with Crippen LogP contribution in [0.4, 0.5) is 5.69 Å². The third-order valence-electron chi connectivity index (χ3n) is 2.37. The third-order valence-corrected chi connectivity index (χ3v) is 2.37. The fourth-order valence-electron chi connectivity index (χ4n) is 1.63. The Morgan fingerprint density at radius 3 is 2.32 bits per heavy atom. The van der Waals surface area contributed by atoms with Gasteiger partial charge in [0.25, 0.3) is 0 Å². The standard InChI is InChI=1S/C13H14N6/c14-12(15)19-13(16)18-11-4-2-1-3-10(11)9-5-7-17-8-6-9/h1-8H,(H6,14,15,16,18,19). The molecule has 6 N–H and O–H groups in total. The molecule has 96 valence electrons. The van der Waals surface area contributed by atoms with Crippen LogP contribution in [0, 0.1) is 0 Å². The predicted octanol–water partition coefficient (Wildman–Crippen LogP) is 0.968. The average molecular weight is 254 g/mol. The van der Waals surface area contributed by atoms with Crippen molar-refractivity contribution in [3.8, 4) is 11.1 Å². The number of aromatic nitrogens is 1. The number of pyridine rings is 1. The first-order valence-electron chi connectivity index (χ1n) is 5.60. The molecule has 0 radical (unpaired) electrons.